The average molecular weight is 396 g/mol. The fourth-order valence-corrected chi connectivity index (χ4v) is 3.93. The third kappa shape index (κ3) is 4.59. The van der Waals surface area contributed by atoms with E-state index in [-0.39, 0.29) is 11.2 Å². The Balaban J connectivity index is 1.92. The molecule has 0 saturated carbocycles. The van der Waals surface area contributed by atoms with E-state index in [1.807, 2.05) is 56.0 Å². The summed E-state index contributed by atoms with van der Waals surface area (Å²) in [5.74, 6) is 0.894. The minimum Gasteiger partial charge on any atom is -0.342 e. The Morgan fingerprint density at radius 3 is 2.39 bits per heavy atom. The Labute approximate surface area is 170 Å². The topological polar surface area (TPSA) is 63.9 Å². The van der Waals surface area contributed by atoms with Gasteiger partial charge in [0, 0.05) is 31.0 Å². The Bertz CT molecular complexity index is 894. The van der Waals surface area contributed by atoms with E-state index < -0.39 is 0 Å². The van der Waals surface area contributed by atoms with Crippen LogP contribution in [-0.4, -0.2) is 48.9 Å². The van der Waals surface area contributed by atoms with E-state index in [1.165, 1.54) is 11.8 Å². The Morgan fingerprint density at radius 2 is 1.75 bits per heavy atom. The molecule has 0 aliphatic rings. The minimum atomic E-state index is -0.232. The molecule has 0 aliphatic carbocycles. The third-order valence-electron chi connectivity index (χ3n) is 4.54. The van der Waals surface area contributed by atoms with Crippen LogP contribution in [-0.2, 0) is 11.3 Å². The van der Waals surface area contributed by atoms with Crippen molar-refractivity contribution in [2.75, 3.05) is 13.1 Å². The van der Waals surface area contributed by atoms with Crippen LogP contribution in [0.4, 0.5) is 0 Å². The van der Waals surface area contributed by atoms with Gasteiger partial charge < -0.3 is 4.90 Å². The maximum atomic E-state index is 12.7. The zero-order chi connectivity index (χ0) is 19.9. The molecule has 1 amide bonds. The van der Waals surface area contributed by atoms with Crippen molar-refractivity contribution in [3.8, 4) is 11.4 Å². The van der Waals surface area contributed by atoms with E-state index in [2.05, 4.69) is 31.9 Å². The molecule has 0 spiro atoms. The molecular formula is C21H25N5OS. The molecule has 2 aromatic heterocycles. The minimum absolute atomic E-state index is 0.120. The van der Waals surface area contributed by atoms with Gasteiger partial charge in [-0.25, -0.2) is 0 Å². The van der Waals surface area contributed by atoms with Gasteiger partial charge in [-0.15, -0.1) is 10.2 Å². The lowest BCUT2D eigenvalue weighted by molar-refractivity contribution is -0.129. The van der Waals surface area contributed by atoms with Crippen LogP contribution < -0.4 is 0 Å². The fourth-order valence-electron chi connectivity index (χ4n) is 3.00. The normalized spacial score (nSPS) is 12.0. The van der Waals surface area contributed by atoms with Gasteiger partial charge in [0.05, 0.1) is 11.8 Å². The first-order valence-corrected chi connectivity index (χ1v) is 10.3. The molecule has 3 rings (SSSR count). The van der Waals surface area contributed by atoms with Crippen LogP contribution in [0.2, 0.25) is 0 Å². The van der Waals surface area contributed by atoms with Crippen LogP contribution in [0, 0.1) is 0 Å². The van der Waals surface area contributed by atoms with E-state index in [0.717, 1.165) is 22.1 Å². The van der Waals surface area contributed by atoms with E-state index in [1.54, 1.807) is 12.4 Å². The van der Waals surface area contributed by atoms with Gasteiger partial charge >= 0.3 is 0 Å². The summed E-state index contributed by atoms with van der Waals surface area (Å²) in [6.07, 6.45) is 3.49. The van der Waals surface area contributed by atoms with Crippen molar-refractivity contribution in [3.63, 3.8) is 0 Å². The summed E-state index contributed by atoms with van der Waals surface area (Å²) in [5, 5.41) is 9.33. The molecule has 0 bridgehead atoms. The van der Waals surface area contributed by atoms with Gasteiger partial charge in [0.1, 0.15) is 0 Å². The first-order valence-electron chi connectivity index (χ1n) is 9.47. The lowest BCUT2D eigenvalue weighted by Gasteiger charge is -2.22. The highest BCUT2D eigenvalue weighted by molar-refractivity contribution is 8.00. The van der Waals surface area contributed by atoms with E-state index in [9.17, 15) is 4.79 Å². The molecule has 0 saturated heterocycles. The van der Waals surface area contributed by atoms with Crippen molar-refractivity contribution in [1.29, 1.82) is 0 Å². The lowest BCUT2D eigenvalue weighted by atomic mass is 10.2. The van der Waals surface area contributed by atoms with Crippen molar-refractivity contribution in [3.05, 3.63) is 60.4 Å². The molecule has 0 aliphatic heterocycles. The Morgan fingerprint density at radius 1 is 1.07 bits per heavy atom. The van der Waals surface area contributed by atoms with Gasteiger partial charge in [-0.3, -0.25) is 14.3 Å². The molecule has 1 unspecified atom stereocenters. The zero-order valence-corrected chi connectivity index (χ0v) is 17.3. The van der Waals surface area contributed by atoms with Crippen molar-refractivity contribution in [2.45, 2.75) is 37.7 Å². The zero-order valence-electron chi connectivity index (χ0n) is 16.4. The molecule has 146 valence electrons. The van der Waals surface area contributed by atoms with Crippen molar-refractivity contribution >= 4 is 17.7 Å². The van der Waals surface area contributed by atoms with Crippen LogP contribution in [0.15, 0.2) is 60.0 Å². The predicted molar refractivity (Wildman–Crippen MR) is 112 cm³/mol. The molecule has 0 N–H and O–H groups in total. The van der Waals surface area contributed by atoms with Gasteiger partial charge in [-0.2, -0.15) is 0 Å². The van der Waals surface area contributed by atoms with Crippen LogP contribution >= 0.6 is 11.8 Å². The van der Waals surface area contributed by atoms with Crippen LogP contribution in [0.25, 0.3) is 11.4 Å². The van der Waals surface area contributed by atoms with Crippen molar-refractivity contribution in [1.82, 2.24) is 24.6 Å². The van der Waals surface area contributed by atoms with Crippen LogP contribution in [0.3, 0.4) is 0 Å². The van der Waals surface area contributed by atoms with E-state index in [0.29, 0.717) is 19.6 Å². The number of amides is 1. The number of thioether (sulfide) groups is 1. The quantitative estimate of drug-likeness (QED) is 0.544. The van der Waals surface area contributed by atoms with Gasteiger partial charge in [0.2, 0.25) is 5.91 Å². The molecule has 28 heavy (non-hydrogen) atoms. The molecule has 7 heteroatoms. The number of hydrogen-bond donors (Lipinski definition) is 0. The second-order valence-corrected chi connectivity index (χ2v) is 7.69. The summed E-state index contributed by atoms with van der Waals surface area (Å²) in [5.41, 5.74) is 2.11. The number of benzene rings is 1. The molecule has 3 aromatic rings. The van der Waals surface area contributed by atoms with Crippen LogP contribution in [0.1, 0.15) is 26.3 Å². The summed E-state index contributed by atoms with van der Waals surface area (Å²) in [4.78, 5) is 18.6. The highest BCUT2D eigenvalue weighted by Gasteiger charge is 2.23. The molecular weight excluding hydrogens is 370 g/mol. The van der Waals surface area contributed by atoms with Crippen LogP contribution in [0.5, 0.6) is 0 Å². The monoisotopic (exact) mass is 395 g/mol. The predicted octanol–water partition coefficient (Wildman–Crippen LogP) is 3.74. The number of carbonyl (C=O) groups excluding carboxylic acids is 1. The van der Waals surface area contributed by atoms with Gasteiger partial charge in [-0.1, -0.05) is 42.1 Å². The standard InChI is InChI=1S/C21H25N5OS/c1-4-25(5-2)20(27)16(3)28-21-24-23-19(18-11-13-22-14-12-18)26(21)15-17-9-7-6-8-10-17/h6-14,16H,4-5,15H2,1-3H3. The SMILES string of the molecule is CCN(CC)C(=O)C(C)Sc1nnc(-c2ccncc2)n1Cc1ccccc1. The van der Waals surface area contributed by atoms with E-state index >= 15 is 0 Å². The van der Waals surface area contributed by atoms with Gasteiger partial charge in [-0.05, 0) is 38.5 Å². The molecule has 2 heterocycles. The second-order valence-electron chi connectivity index (χ2n) is 6.38. The summed E-state index contributed by atoms with van der Waals surface area (Å²) >= 11 is 1.45. The van der Waals surface area contributed by atoms with E-state index in [4.69, 9.17) is 0 Å². The summed E-state index contributed by atoms with van der Waals surface area (Å²) in [6.45, 7) is 7.98. The number of nitrogens with zero attached hydrogens (tertiary/aromatic N) is 5. The van der Waals surface area contributed by atoms with Gasteiger partial charge in [0.15, 0.2) is 11.0 Å². The summed E-state index contributed by atoms with van der Waals surface area (Å²) in [7, 11) is 0. The highest BCUT2D eigenvalue weighted by Crippen LogP contribution is 2.28. The first kappa shape index (κ1) is 20.1. The Kier molecular flexibility index (Phi) is 6.81. The molecule has 1 aromatic carbocycles. The third-order valence-corrected chi connectivity index (χ3v) is 5.61. The van der Waals surface area contributed by atoms with Crippen molar-refractivity contribution in [2.24, 2.45) is 0 Å². The smallest absolute Gasteiger partial charge is 0.235 e. The number of pyridine rings is 1. The number of aromatic nitrogens is 4. The lowest BCUT2D eigenvalue weighted by Crippen LogP contribution is -2.36. The number of rotatable bonds is 8. The molecule has 6 nitrogen and oxygen atoms in total. The second kappa shape index (κ2) is 9.50. The average Bonchev–Trinajstić information content (AvgIpc) is 3.12. The number of hydrogen-bond acceptors (Lipinski definition) is 5. The number of carbonyl (C=O) groups is 1. The fraction of sp³-hybridized carbons (Fsp3) is 0.333. The maximum Gasteiger partial charge on any atom is 0.235 e. The molecule has 0 fully saturated rings. The van der Waals surface area contributed by atoms with Gasteiger partial charge in [0.25, 0.3) is 0 Å². The maximum absolute atomic E-state index is 12.7. The first-order chi connectivity index (χ1) is 13.6. The molecule has 0 radical (unpaired) electrons. The largest absolute Gasteiger partial charge is 0.342 e. The Hall–Kier alpha value is -2.67. The summed E-state index contributed by atoms with van der Waals surface area (Å²) in [6, 6.07) is 14.0. The van der Waals surface area contributed by atoms with Crippen molar-refractivity contribution < 1.29 is 4.79 Å². The molecule has 1 atom stereocenters. The summed E-state index contributed by atoms with van der Waals surface area (Å²) < 4.78 is 2.07. The highest BCUT2D eigenvalue weighted by atomic mass is 32.2.